The Bertz CT molecular complexity index is 278. The number of piperidine rings is 1. The van der Waals surface area contributed by atoms with E-state index in [-0.39, 0.29) is 25.4 Å². The van der Waals surface area contributed by atoms with Gasteiger partial charge in [-0.1, -0.05) is 6.42 Å². The highest BCUT2D eigenvalue weighted by atomic mass is 19.3. The van der Waals surface area contributed by atoms with Gasteiger partial charge < -0.3 is 9.80 Å². The Morgan fingerprint density at radius 1 is 1.12 bits per heavy atom. The van der Waals surface area contributed by atoms with Crippen LogP contribution >= 0.6 is 0 Å². The molecule has 0 aromatic rings. The first kappa shape index (κ1) is 12.7. The van der Waals surface area contributed by atoms with Crippen LogP contribution in [0.3, 0.4) is 0 Å². The molecule has 0 spiro atoms. The quantitative estimate of drug-likeness (QED) is 0.757. The molecule has 1 amide bonds. The van der Waals surface area contributed by atoms with Crippen LogP contribution < -0.4 is 0 Å². The largest absolute Gasteiger partial charge is 0.336 e. The van der Waals surface area contributed by atoms with Crippen LogP contribution in [0.15, 0.2) is 0 Å². The minimum absolute atomic E-state index is 0.118. The second kappa shape index (κ2) is 5.29. The zero-order chi connectivity index (χ0) is 12.3. The third kappa shape index (κ3) is 3.63. The molecule has 2 aliphatic heterocycles. The summed E-state index contributed by atoms with van der Waals surface area (Å²) in [5, 5.41) is 0. The number of amides is 1. The van der Waals surface area contributed by atoms with Gasteiger partial charge in [0.25, 0.3) is 5.92 Å². The summed E-state index contributed by atoms with van der Waals surface area (Å²) in [7, 11) is 0. The van der Waals surface area contributed by atoms with Gasteiger partial charge in [0.2, 0.25) is 5.91 Å². The van der Waals surface area contributed by atoms with Crippen molar-refractivity contribution in [3.05, 3.63) is 0 Å². The molecule has 0 N–H and O–H groups in total. The van der Waals surface area contributed by atoms with E-state index >= 15 is 0 Å². The van der Waals surface area contributed by atoms with Crippen molar-refractivity contribution in [2.24, 2.45) is 0 Å². The highest BCUT2D eigenvalue weighted by Gasteiger charge is 2.39. The first-order valence-corrected chi connectivity index (χ1v) is 6.45. The van der Waals surface area contributed by atoms with Gasteiger partial charge >= 0.3 is 0 Å². The molecule has 5 heteroatoms. The van der Waals surface area contributed by atoms with Crippen molar-refractivity contribution in [3.63, 3.8) is 0 Å². The van der Waals surface area contributed by atoms with Crippen LogP contribution in [0.5, 0.6) is 0 Å². The summed E-state index contributed by atoms with van der Waals surface area (Å²) in [6.07, 6.45) is 3.85. The van der Waals surface area contributed by atoms with Gasteiger partial charge in [-0.2, -0.15) is 0 Å². The van der Waals surface area contributed by atoms with Gasteiger partial charge in [-0.25, -0.2) is 8.78 Å². The number of rotatable bonds is 3. The van der Waals surface area contributed by atoms with Crippen LogP contribution in [-0.2, 0) is 4.79 Å². The molecular formula is C12H20F2N2O. The van der Waals surface area contributed by atoms with E-state index in [0.29, 0.717) is 6.42 Å². The lowest BCUT2D eigenvalue weighted by Crippen LogP contribution is -2.36. The first-order valence-electron chi connectivity index (χ1n) is 6.45. The van der Waals surface area contributed by atoms with Gasteiger partial charge in [-0.05, 0) is 25.9 Å². The smallest absolute Gasteiger partial charge is 0.267 e. The van der Waals surface area contributed by atoms with E-state index in [2.05, 4.69) is 4.90 Å². The summed E-state index contributed by atoms with van der Waals surface area (Å²) in [5.74, 6) is -2.78. The van der Waals surface area contributed by atoms with Gasteiger partial charge in [0.05, 0.1) is 6.54 Å². The predicted molar refractivity (Wildman–Crippen MR) is 61.1 cm³/mol. The summed E-state index contributed by atoms with van der Waals surface area (Å²) in [5.41, 5.74) is 0. The van der Waals surface area contributed by atoms with Crippen molar-refractivity contribution in [1.29, 1.82) is 0 Å². The number of likely N-dealkylation sites (tertiary alicyclic amines) is 2. The van der Waals surface area contributed by atoms with Crippen LogP contribution in [-0.4, -0.2) is 54.4 Å². The molecule has 2 fully saturated rings. The fourth-order valence-corrected chi connectivity index (χ4v) is 2.54. The molecule has 98 valence electrons. The summed E-state index contributed by atoms with van der Waals surface area (Å²) in [6, 6.07) is 0. The summed E-state index contributed by atoms with van der Waals surface area (Å²) in [4.78, 5) is 15.3. The van der Waals surface area contributed by atoms with Crippen molar-refractivity contribution in [3.8, 4) is 0 Å². The molecule has 2 rings (SSSR count). The molecule has 3 nitrogen and oxygen atoms in total. The summed E-state index contributed by atoms with van der Waals surface area (Å²) in [6.45, 7) is 2.64. The first-order chi connectivity index (χ1) is 8.07. The molecule has 0 atom stereocenters. The molecule has 0 aromatic heterocycles. The molecule has 0 aromatic carbocycles. The lowest BCUT2D eigenvalue weighted by molar-refractivity contribution is -0.132. The Morgan fingerprint density at radius 2 is 1.82 bits per heavy atom. The maximum Gasteiger partial charge on any atom is 0.267 e. The van der Waals surface area contributed by atoms with E-state index in [0.717, 1.165) is 19.6 Å². The van der Waals surface area contributed by atoms with Crippen molar-refractivity contribution in [1.82, 2.24) is 9.80 Å². The molecule has 2 aliphatic rings. The Morgan fingerprint density at radius 3 is 2.41 bits per heavy atom. The lowest BCUT2D eigenvalue weighted by atomic mass is 10.1. The number of halogens is 2. The summed E-state index contributed by atoms with van der Waals surface area (Å²) < 4.78 is 25.9. The van der Waals surface area contributed by atoms with Crippen LogP contribution in [0.2, 0.25) is 0 Å². The van der Waals surface area contributed by atoms with Gasteiger partial charge in [-0.3, -0.25) is 4.79 Å². The fourth-order valence-electron chi connectivity index (χ4n) is 2.54. The van der Waals surface area contributed by atoms with E-state index in [4.69, 9.17) is 0 Å². The van der Waals surface area contributed by atoms with Crippen molar-refractivity contribution >= 4 is 5.91 Å². The molecule has 0 unspecified atom stereocenters. The lowest BCUT2D eigenvalue weighted by Gasteiger charge is -2.26. The molecule has 0 radical (unpaired) electrons. The molecule has 0 aliphatic carbocycles. The Labute approximate surface area is 101 Å². The Kier molecular flexibility index (Phi) is 3.97. The van der Waals surface area contributed by atoms with Crippen LogP contribution in [0.1, 0.15) is 32.1 Å². The van der Waals surface area contributed by atoms with Crippen LogP contribution in [0.4, 0.5) is 8.78 Å². The van der Waals surface area contributed by atoms with Gasteiger partial charge in [-0.15, -0.1) is 0 Å². The number of alkyl halides is 2. The number of hydrogen-bond acceptors (Lipinski definition) is 2. The second-order valence-electron chi connectivity index (χ2n) is 5.07. The third-order valence-electron chi connectivity index (χ3n) is 3.61. The highest BCUT2D eigenvalue weighted by molar-refractivity contribution is 5.76. The summed E-state index contributed by atoms with van der Waals surface area (Å²) >= 11 is 0. The molecule has 2 saturated heterocycles. The Balaban J connectivity index is 1.70. The third-order valence-corrected chi connectivity index (χ3v) is 3.61. The Hall–Kier alpha value is -0.710. The molecule has 2 heterocycles. The predicted octanol–water partition coefficient (Wildman–Crippen LogP) is 1.73. The van der Waals surface area contributed by atoms with E-state index in [1.807, 2.05) is 0 Å². The highest BCUT2D eigenvalue weighted by Crippen LogP contribution is 2.27. The monoisotopic (exact) mass is 246 g/mol. The van der Waals surface area contributed by atoms with Crippen molar-refractivity contribution in [2.75, 3.05) is 32.7 Å². The topological polar surface area (TPSA) is 23.6 Å². The van der Waals surface area contributed by atoms with Gasteiger partial charge in [0.1, 0.15) is 0 Å². The zero-order valence-corrected chi connectivity index (χ0v) is 10.1. The maximum atomic E-state index is 12.9. The minimum atomic E-state index is -2.67. The normalized spacial score (nSPS) is 25.2. The van der Waals surface area contributed by atoms with Gasteiger partial charge in [0.15, 0.2) is 0 Å². The minimum Gasteiger partial charge on any atom is -0.336 e. The number of hydrogen-bond donors (Lipinski definition) is 0. The fraction of sp³-hybridized carbons (Fsp3) is 0.917. The van der Waals surface area contributed by atoms with Crippen molar-refractivity contribution in [2.45, 2.75) is 38.0 Å². The number of nitrogens with zero attached hydrogens (tertiary/aromatic N) is 2. The van der Waals surface area contributed by atoms with E-state index in [9.17, 15) is 13.6 Å². The van der Waals surface area contributed by atoms with Crippen LogP contribution in [0, 0.1) is 0 Å². The van der Waals surface area contributed by atoms with E-state index in [1.54, 1.807) is 0 Å². The van der Waals surface area contributed by atoms with E-state index in [1.165, 1.54) is 24.2 Å². The number of carbonyl (C=O) groups is 1. The average molecular weight is 246 g/mol. The average Bonchev–Trinajstić information content (AvgIpc) is 2.68. The zero-order valence-electron chi connectivity index (χ0n) is 10.1. The van der Waals surface area contributed by atoms with E-state index < -0.39 is 5.92 Å². The van der Waals surface area contributed by atoms with Crippen molar-refractivity contribution < 1.29 is 13.6 Å². The standard InChI is InChI=1S/C12H20F2N2O/c13-12(14)5-9-16(10-12)11(17)4-8-15-6-2-1-3-7-15/h1-10H2. The maximum absolute atomic E-state index is 12.9. The molecule has 17 heavy (non-hydrogen) atoms. The SMILES string of the molecule is O=C(CCN1CCCCC1)N1CCC(F)(F)C1. The van der Waals surface area contributed by atoms with Crippen LogP contribution in [0.25, 0.3) is 0 Å². The second-order valence-corrected chi connectivity index (χ2v) is 5.07. The number of carbonyl (C=O) groups excluding carboxylic acids is 1. The molecular weight excluding hydrogens is 226 g/mol. The van der Waals surface area contributed by atoms with Gasteiger partial charge in [0, 0.05) is 25.9 Å². The molecule has 0 bridgehead atoms. The molecule has 0 saturated carbocycles.